The molecule has 14 heteroatoms. The van der Waals surface area contributed by atoms with Crippen LogP contribution in [0.5, 0.6) is 5.75 Å². The van der Waals surface area contributed by atoms with Crippen LogP contribution in [0.2, 0.25) is 0 Å². The van der Waals surface area contributed by atoms with Crippen molar-refractivity contribution in [1.29, 1.82) is 0 Å². The highest BCUT2D eigenvalue weighted by Gasteiger charge is 2.48. The summed E-state index contributed by atoms with van der Waals surface area (Å²) in [6.07, 6.45) is 8.78. The molecule has 1 N–H and O–H groups in total. The molecular weight excluding hydrogens is 660 g/mol. The number of carbonyl (C=O) groups is 1. The monoisotopic (exact) mass is 712 g/mol. The number of hydrogen-bond donors (Lipinski definition) is 1. The van der Waals surface area contributed by atoms with Crippen LogP contribution >= 0.6 is 0 Å². The molecule has 1 saturated carbocycles. The second kappa shape index (κ2) is 14.2. The SMILES string of the molecule is COCOc1ccccc1-c1cc2c(nn1)NC[C@H]1CN(c3ncc(N4CCC5(CC4)CC(N4CCN(C(=O)OC(C)(C)C)CC4)C5)cn3)CCN21. The normalized spacial score (nSPS) is 22.0. The molecule has 1 aromatic carbocycles. The number of carbonyl (C=O) groups excluding carboxylic acids is 1. The second-order valence-electron chi connectivity index (χ2n) is 16.0. The predicted octanol–water partition coefficient (Wildman–Crippen LogP) is 4.34. The summed E-state index contributed by atoms with van der Waals surface area (Å²) >= 11 is 0. The van der Waals surface area contributed by atoms with Crippen molar-refractivity contribution in [3.8, 4) is 17.0 Å². The highest BCUT2D eigenvalue weighted by molar-refractivity contribution is 5.77. The van der Waals surface area contributed by atoms with Gasteiger partial charge in [-0.15, -0.1) is 10.2 Å². The molecule has 3 aromatic rings. The van der Waals surface area contributed by atoms with Gasteiger partial charge >= 0.3 is 6.09 Å². The third-order valence-corrected chi connectivity index (χ3v) is 11.5. The van der Waals surface area contributed by atoms with Crippen LogP contribution in [0, 0.1) is 5.41 Å². The number of rotatable bonds is 7. The van der Waals surface area contributed by atoms with Crippen LogP contribution in [0.1, 0.15) is 46.5 Å². The number of anilines is 4. The number of fused-ring (bicyclic) bond motifs is 3. The van der Waals surface area contributed by atoms with Gasteiger partial charge in [-0.05, 0) is 70.1 Å². The van der Waals surface area contributed by atoms with Gasteiger partial charge in [0.05, 0.1) is 35.5 Å². The third kappa shape index (κ3) is 7.14. The number of ether oxygens (including phenoxy) is 3. The van der Waals surface area contributed by atoms with Gasteiger partial charge in [0.15, 0.2) is 12.6 Å². The molecule has 0 radical (unpaired) electrons. The van der Waals surface area contributed by atoms with E-state index in [9.17, 15) is 4.79 Å². The van der Waals surface area contributed by atoms with E-state index in [-0.39, 0.29) is 18.9 Å². The molecule has 1 spiro atoms. The number of piperazine rings is 2. The molecule has 3 saturated heterocycles. The van der Waals surface area contributed by atoms with Crippen molar-refractivity contribution in [1.82, 2.24) is 30.0 Å². The van der Waals surface area contributed by atoms with Crippen molar-refractivity contribution in [3.05, 3.63) is 42.7 Å². The number of methoxy groups -OCH3 is 1. The highest BCUT2D eigenvalue weighted by atomic mass is 16.7. The second-order valence-corrected chi connectivity index (χ2v) is 16.0. The molecule has 4 aliphatic heterocycles. The van der Waals surface area contributed by atoms with Crippen LogP contribution in [-0.4, -0.2) is 133 Å². The largest absolute Gasteiger partial charge is 0.467 e. The maximum absolute atomic E-state index is 12.5. The van der Waals surface area contributed by atoms with Gasteiger partial charge in [-0.3, -0.25) is 4.90 Å². The standard InChI is InChI=1S/C38H52N10O4/c1-37(2,3)52-36(49)46-15-13-45(14-16-46)27-20-38(21-27)9-11-44(12-10-38)28-22-40-35(41-23-28)47-17-18-48-29(25-47)24-39-34-32(48)19-31(42-43-34)30-7-5-6-8-33(30)51-26-50-4/h5-8,19,22-23,27,29H,9-18,20-21,24-26H2,1-4H3,(H,39,43)/t29-/m0/s1. The average Bonchev–Trinajstić information content (AvgIpc) is 3.15. The zero-order chi connectivity index (χ0) is 35.9. The fourth-order valence-corrected chi connectivity index (χ4v) is 8.61. The number of benzene rings is 1. The molecule has 0 bridgehead atoms. The minimum absolute atomic E-state index is 0.170. The topological polar surface area (TPSA) is 125 Å². The van der Waals surface area contributed by atoms with Crippen molar-refractivity contribution in [2.45, 2.75) is 64.1 Å². The van der Waals surface area contributed by atoms with E-state index in [0.29, 0.717) is 17.2 Å². The smallest absolute Gasteiger partial charge is 0.410 e. The van der Waals surface area contributed by atoms with Crippen molar-refractivity contribution < 1.29 is 19.0 Å². The summed E-state index contributed by atoms with van der Waals surface area (Å²) in [5.41, 5.74) is 3.82. The molecule has 14 nitrogen and oxygen atoms in total. The lowest BCUT2D eigenvalue weighted by Gasteiger charge is -2.56. The molecule has 2 aromatic heterocycles. The molecule has 5 aliphatic rings. The van der Waals surface area contributed by atoms with E-state index in [1.54, 1.807) is 7.11 Å². The predicted molar refractivity (Wildman–Crippen MR) is 200 cm³/mol. The quantitative estimate of drug-likeness (QED) is 0.350. The number of amides is 1. The first kappa shape index (κ1) is 34.6. The van der Waals surface area contributed by atoms with E-state index in [1.165, 1.54) is 25.7 Å². The van der Waals surface area contributed by atoms with Gasteiger partial charge in [0.1, 0.15) is 11.4 Å². The Bertz CT molecular complexity index is 1710. The van der Waals surface area contributed by atoms with E-state index in [0.717, 1.165) is 99.8 Å². The van der Waals surface area contributed by atoms with Gasteiger partial charge in [0.2, 0.25) is 5.95 Å². The summed E-state index contributed by atoms with van der Waals surface area (Å²) in [4.78, 5) is 33.9. The maximum Gasteiger partial charge on any atom is 0.410 e. The summed E-state index contributed by atoms with van der Waals surface area (Å²) in [6.45, 7) is 14.7. The summed E-state index contributed by atoms with van der Waals surface area (Å²) in [5.74, 6) is 2.31. The van der Waals surface area contributed by atoms with Crippen LogP contribution in [-0.2, 0) is 9.47 Å². The first-order valence-corrected chi connectivity index (χ1v) is 18.8. The summed E-state index contributed by atoms with van der Waals surface area (Å²) < 4.78 is 16.5. The fraction of sp³-hybridized carbons (Fsp3) is 0.605. The number of hydrogen-bond acceptors (Lipinski definition) is 13. The van der Waals surface area contributed by atoms with Crippen LogP contribution in [0.15, 0.2) is 42.7 Å². The van der Waals surface area contributed by atoms with Gasteiger partial charge in [-0.1, -0.05) is 12.1 Å². The number of aromatic nitrogens is 4. The van der Waals surface area contributed by atoms with E-state index < -0.39 is 5.60 Å². The first-order chi connectivity index (χ1) is 25.2. The number of piperidine rings is 1. The molecule has 1 amide bonds. The van der Waals surface area contributed by atoms with Crippen molar-refractivity contribution in [3.63, 3.8) is 0 Å². The molecule has 1 aliphatic carbocycles. The maximum atomic E-state index is 12.5. The van der Waals surface area contributed by atoms with E-state index >= 15 is 0 Å². The number of para-hydroxylation sites is 1. The molecule has 4 fully saturated rings. The molecule has 0 unspecified atom stereocenters. The molecule has 278 valence electrons. The summed E-state index contributed by atoms with van der Waals surface area (Å²) in [7, 11) is 1.61. The van der Waals surface area contributed by atoms with E-state index in [4.69, 9.17) is 24.2 Å². The Labute approximate surface area is 306 Å². The molecular formula is C38H52N10O4. The van der Waals surface area contributed by atoms with Crippen LogP contribution < -0.4 is 24.8 Å². The minimum atomic E-state index is -0.451. The zero-order valence-corrected chi connectivity index (χ0v) is 31.0. The van der Waals surface area contributed by atoms with Crippen molar-refractivity contribution >= 4 is 29.2 Å². The number of nitrogens with one attached hydrogen (secondary N) is 1. The Morgan fingerprint density at radius 2 is 1.67 bits per heavy atom. The molecule has 1 atom stereocenters. The van der Waals surface area contributed by atoms with Gasteiger partial charge in [-0.2, -0.15) is 0 Å². The van der Waals surface area contributed by atoms with Crippen LogP contribution in [0.4, 0.5) is 27.9 Å². The fourth-order valence-electron chi connectivity index (χ4n) is 8.61. The Balaban J connectivity index is 0.823. The molecule has 52 heavy (non-hydrogen) atoms. The van der Waals surface area contributed by atoms with Crippen molar-refractivity contribution in [2.75, 3.05) is 99.4 Å². The lowest BCUT2D eigenvalue weighted by Crippen LogP contribution is -2.59. The zero-order valence-electron chi connectivity index (χ0n) is 31.0. The molecule has 6 heterocycles. The Kier molecular flexibility index (Phi) is 9.45. The van der Waals surface area contributed by atoms with Gasteiger partial charge in [0.25, 0.3) is 0 Å². The highest BCUT2D eigenvalue weighted by Crippen LogP contribution is 2.51. The lowest BCUT2D eigenvalue weighted by atomic mass is 9.60. The summed E-state index contributed by atoms with van der Waals surface area (Å²) in [6, 6.07) is 10.8. The van der Waals surface area contributed by atoms with Gasteiger partial charge < -0.3 is 39.1 Å². The minimum Gasteiger partial charge on any atom is -0.467 e. The first-order valence-electron chi connectivity index (χ1n) is 18.8. The molecule has 8 rings (SSSR count). The average molecular weight is 713 g/mol. The third-order valence-electron chi connectivity index (χ3n) is 11.5. The summed E-state index contributed by atoms with van der Waals surface area (Å²) in [5, 5.41) is 12.6. The Morgan fingerprint density at radius 1 is 0.923 bits per heavy atom. The van der Waals surface area contributed by atoms with E-state index in [2.05, 4.69) is 41.2 Å². The van der Waals surface area contributed by atoms with Crippen molar-refractivity contribution in [2.24, 2.45) is 5.41 Å². The van der Waals surface area contributed by atoms with E-state index in [1.807, 2.05) is 62.3 Å². The Hall–Kier alpha value is -4.43. The Morgan fingerprint density at radius 3 is 2.40 bits per heavy atom. The van der Waals surface area contributed by atoms with Crippen LogP contribution in [0.3, 0.4) is 0 Å². The number of nitrogens with zero attached hydrogens (tertiary/aromatic N) is 9. The van der Waals surface area contributed by atoms with Crippen LogP contribution in [0.25, 0.3) is 11.3 Å². The van der Waals surface area contributed by atoms with Gasteiger partial charge in [-0.25, -0.2) is 14.8 Å². The lowest BCUT2D eigenvalue weighted by molar-refractivity contribution is -0.0396. The van der Waals surface area contributed by atoms with Gasteiger partial charge in [0, 0.05) is 84.2 Å².